The molecule has 1 aliphatic rings. The molecule has 0 bridgehead atoms. The van der Waals surface area contributed by atoms with Crippen LogP contribution in [0.1, 0.15) is 29.3 Å². The number of amides is 4. The summed E-state index contributed by atoms with van der Waals surface area (Å²) in [5.41, 5.74) is 1.93. The molecule has 2 N–H and O–H groups in total. The van der Waals surface area contributed by atoms with Crippen LogP contribution in [0.15, 0.2) is 48.5 Å². The second kappa shape index (κ2) is 6.97. The quantitative estimate of drug-likeness (QED) is 0.782. The van der Waals surface area contributed by atoms with Crippen molar-refractivity contribution < 1.29 is 14.4 Å². The van der Waals surface area contributed by atoms with Gasteiger partial charge in [-0.15, -0.1) is 0 Å². The molecule has 26 heavy (non-hydrogen) atoms. The number of halogens is 2. The number of hydrazine groups is 1. The Balaban J connectivity index is 1.87. The van der Waals surface area contributed by atoms with Gasteiger partial charge in [0, 0.05) is 5.56 Å². The predicted octanol–water partition coefficient (Wildman–Crippen LogP) is 3.50. The zero-order valence-corrected chi connectivity index (χ0v) is 15.3. The van der Waals surface area contributed by atoms with Gasteiger partial charge in [-0.3, -0.25) is 15.0 Å². The lowest BCUT2D eigenvalue weighted by Crippen LogP contribution is -2.48. The number of nitrogens with zero attached hydrogens (tertiary/aromatic N) is 1. The zero-order valence-electron chi connectivity index (χ0n) is 13.8. The molecule has 0 spiro atoms. The fraction of sp³-hybridized carbons (Fsp3) is 0.167. The molecule has 1 aliphatic heterocycles. The third-order valence-electron chi connectivity index (χ3n) is 4.28. The van der Waals surface area contributed by atoms with E-state index in [1.54, 1.807) is 31.2 Å². The molecule has 2 aromatic rings. The second-order valence-electron chi connectivity index (χ2n) is 5.77. The summed E-state index contributed by atoms with van der Waals surface area (Å²) in [5.74, 6) is -1.20. The highest BCUT2D eigenvalue weighted by Crippen LogP contribution is 2.31. The van der Waals surface area contributed by atoms with Gasteiger partial charge in [0.15, 0.2) is 0 Å². The molecule has 0 saturated carbocycles. The van der Waals surface area contributed by atoms with Gasteiger partial charge in [0.05, 0.1) is 10.0 Å². The Kier molecular flexibility index (Phi) is 4.89. The Morgan fingerprint density at radius 3 is 2.42 bits per heavy atom. The minimum absolute atomic E-state index is 0.175. The molecule has 2 aromatic carbocycles. The second-order valence-corrected chi connectivity index (χ2v) is 6.58. The summed E-state index contributed by atoms with van der Waals surface area (Å²) in [6.45, 7) is 1.79. The van der Waals surface area contributed by atoms with E-state index in [4.69, 9.17) is 23.2 Å². The summed E-state index contributed by atoms with van der Waals surface area (Å²) >= 11 is 11.7. The highest BCUT2D eigenvalue weighted by Gasteiger charge is 2.52. The normalized spacial score (nSPS) is 19.4. The first-order chi connectivity index (χ1) is 12.4. The highest BCUT2D eigenvalue weighted by molar-refractivity contribution is 6.42. The van der Waals surface area contributed by atoms with Gasteiger partial charge in [-0.2, -0.15) is 5.01 Å². The van der Waals surface area contributed by atoms with E-state index in [9.17, 15) is 14.4 Å². The first-order valence-corrected chi connectivity index (χ1v) is 8.63. The van der Waals surface area contributed by atoms with Gasteiger partial charge in [-0.1, -0.05) is 60.5 Å². The lowest BCUT2D eigenvalue weighted by molar-refractivity contribution is -0.133. The van der Waals surface area contributed by atoms with E-state index >= 15 is 0 Å². The Hall–Kier alpha value is -2.57. The maximum atomic E-state index is 12.9. The number of carbonyl (C=O) groups is 3. The van der Waals surface area contributed by atoms with Crippen molar-refractivity contribution in [1.82, 2.24) is 15.8 Å². The van der Waals surface area contributed by atoms with E-state index in [2.05, 4.69) is 10.7 Å². The van der Waals surface area contributed by atoms with Gasteiger partial charge in [-0.05, 0) is 30.2 Å². The number of benzene rings is 2. The third kappa shape index (κ3) is 3.02. The lowest BCUT2D eigenvalue weighted by Gasteiger charge is -2.25. The van der Waals surface area contributed by atoms with Crippen molar-refractivity contribution in [1.29, 1.82) is 0 Å². The Bertz CT molecular complexity index is 889. The molecule has 1 saturated heterocycles. The summed E-state index contributed by atoms with van der Waals surface area (Å²) in [4.78, 5) is 37.7. The molecular formula is C18H15Cl2N3O3. The number of urea groups is 1. The smallest absolute Gasteiger partial charge is 0.318 e. The molecule has 0 aromatic heterocycles. The molecule has 134 valence electrons. The van der Waals surface area contributed by atoms with Crippen LogP contribution in [0.4, 0.5) is 4.79 Å². The summed E-state index contributed by atoms with van der Waals surface area (Å²) in [6.07, 6.45) is 0.334. The fourth-order valence-electron chi connectivity index (χ4n) is 2.84. The summed E-state index contributed by atoms with van der Waals surface area (Å²) in [5, 5.41) is 3.88. The number of imide groups is 1. The molecule has 1 fully saturated rings. The van der Waals surface area contributed by atoms with E-state index in [-0.39, 0.29) is 10.6 Å². The van der Waals surface area contributed by atoms with Crippen LogP contribution in [0.5, 0.6) is 0 Å². The van der Waals surface area contributed by atoms with Crippen LogP contribution in [0.2, 0.25) is 10.0 Å². The van der Waals surface area contributed by atoms with Gasteiger partial charge in [0.1, 0.15) is 5.54 Å². The maximum Gasteiger partial charge on any atom is 0.344 e. The molecular weight excluding hydrogens is 377 g/mol. The first-order valence-electron chi connectivity index (χ1n) is 7.87. The zero-order chi connectivity index (χ0) is 18.9. The van der Waals surface area contributed by atoms with Crippen molar-refractivity contribution in [2.24, 2.45) is 0 Å². The molecule has 0 radical (unpaired) electrons. The molecule has 4 amide bonds. The monoisotopic (exact) mass is 391 g/mol. The van der Waals surface area contributed by atoms with Crippen molar-refractivity contribution in [2.75, 3.05) is 0 Å². The lowest BCUT2D eigenvalue weighted by atomic mass is 9.87. The number of rotatable bonds is 4. The Morgan fingerprint density at radius 1 is 1.12 bits per heavy atom. The molecule has 1 heterocycles. The summed E-state index contributed by atoms with van der Waals surface area (Å²) < 4.78 is 0. The van der Waals surface area contributed by atoms with Crippen molar-refractivity contribution >= 4 is 41.0 Å². The average molecular weight is 392 g/mol. The minimum atomic E-state index is -1.22. The van der Waals surface area contributed by atoms with E-state index in [0.29, 0.717) is 22.0 Å². The average Bonchev–Trinajstić information content (AvgIpc) is 2.89. The highest BCUT2D eigenvalue weighted by atomic mass is 35.5. The maximum absolute atomic E-state index is 12.9. The third-order valence-corrected chi connectivity index (χ3v) is 5.02. The fourth-order valence-corrected chi connectivity index (χ4v) is 3.14. The van der Waals surface area contributed by atoms with Crippen LogP contribution in [-0.4, -0.2) is 22.9 Å². The number of hydrogen-bond donors (Lipinski definition) is 2. The molecule has 0 unspecified atom stereocenters. The van der Waals surface area contributed by atoms with Crippen LogP contribution in [0.3, 0.4) is 0 Å². The molecule has 1 atom stereocenters. The van der Waals surface area contributed by atoms with Gasteiger partial charge in [-0.25, -0.2) is 4.79 Å². The predicted molar refractivity (Wildman–Crippen MR) is 97.7 cm³/mol. The SMILES string of the molecule is CC[C@]1(c2ccccc2)NC(=O)N(NC(=O)c2ccc(Cl)c(Cl)c2)C1=O. The van der Waals surface area contributed by atoms with Crippen LogP contribution >= 0.6 is 23.2 Å². The van der Waals surface area contributed by atoms with Crippen molar-refractivity contribution in [2.45, 2.75) is 18.9 Å². The van der Waals surface area contributed by atoms with Gasteiger partial charge < -0.3 is 5.32 Å². The number of hydrogen-bond acceptors (Lipinski definition) is 3. The first kappa shape index (κ1) is 18.2. The van der Waals surface area contributed by atoms with E-state index in [0.717, 1.165) is 0 Å². The van der Waals surface area contributed by atoms with E-state index in [1.807, 2.05) is 6.07 Å². The van der Waals surface area contributed by atoms with Gasteiger partial charge in [0.2, 0.25) is 0 Å². The van der Waals surface area contributed by atoms with Crippen molar-refractivity contribution in [3.63, 3.8) is 0 Å². The summed E-state index contributed by atoms with van der Waals surface area (Å²) in [6, 6.07) is 12.5. The standard InChI is InChI=1S/C18H15Cl2N3O3/c1-2-18(12-6-4-3-5-7-12)16(25)23(17(26)21-18)22-15(24)11-8-9-13(19)14(20)10-11/h3-10H,2H2,1H3,(H,21,26)(H,22,24)/t18-/m1/s1. The Labute approximate surface area is 160 Å². The topological polar surface area (TPSA) is 78.5 Å². The molecule has 0 aliphatic carbocycles. The molecule has 8 heteroatoms. The van der Waals surface area contributed by atoms with Crippen LogP contribution in [0, 0.1) is 0 Å². The van der Waals surface area contributed by atoms with Crippen LogP contribution < -0.4 is 10.7 Å². The van der Waals surface area contributed by atoms with Gasteiger partial charge >= 0.3 is 6.03 Å². The minimum Gasteiger partial charge on any atom is -0.318 e. The van der Waals surface area contributed by atoms with Crippen LogP contribution in [0.25, 0.3) is 0 Å². The van der Waals surface area contributed by atoms with E-state index in [1.165, 1.54) is 18.2 Å². The summed E-state index contributed by atoms with van der Waals surface area (Å²) in [7, 11) is 0. The number of carbonyl (C=O) groups excluding carboxylic acids is 3. The Morgan fingerprint density at radius 2 is 1.81 bits per heavy atom. The molecule has 6 nitrogen and oxygen atoms in total. The van der Waals surface area contributed by atoms with Crippen molar-refractivity contribution in [3.05, 3.63) is 69.7 Å². The van der Waals surface area contributed by atoms with Crippen LogP contribution in [-0.2, 0) is 10.3 Å². The number of nitrogens with one attached hydrogen (secondary N) is 2. The molecule has 3 rings (SSSR count). The largest absolute Gasteiger partial charge is 0.344 e. The van der Waals surface area contributed by atoms with E-state index < -0.39 is 23.4 Å². The van der Waals surface area contributed by atoms with Crippen molar-refractivity contribution in [3.8, 4) is 0 Å². The van der Waals surface area contributed by atoms with Gasteiger partial charge in [0.25, 0.3) is 11.8 Å².